The molecular weight excluding hydrogens is 612 g/mol. The molecule has 242 valence electrons. The van der Waals surface area contributed by atoms with E-state index >= 15 is 0 Å². The third-order valence-corrected chi connectivity index (χ3v) is 6.78. The Hall–Kier alpha value is -4.45. The van der Waals surface area contributed by atoms with E-state index in [1.54, 1.807) is 45.3 Å². The van der Waals surface area contributed by atoms with Crippen molar-refractivity contribution in [2.75, 3.05) is 14.1 Å². The van der Waals surface area contributed by atoms with Gasteiger partial charge in [-0.15, -0.1) is 11.6 Å². The largest absolute Gasteiger partial charge is 0.432 e. The Bertz CT molecular complexity index is 1600. The molecule has 2 rings (SSSR count). The molecule has 2 aromatic heterocycles. The Labute approximate surface area is 265 Å². The van der Waals surface area contributed by atoms with Gasteiger partial charge >= 0.3 is 6.18 Å². The van der Waals surface area contributed by atoms with Crippen molar-refractivity contribution < 1.29 is 22.4 Å². The molecule has 13 heteroatoms. The molecule has 0 spiro atoms. The average Bonchev–Trinajstić information content (AvgIpc) is 2.99. The van der Waals surface area contributed by atoms with Crippen LogP contribution in [0, 0.1) is 0 Å². The van der Waals surface area contributed by atoms with E-state index in [0.29, 0.717) is 23.1 Å². The third-order valence-electron chi connectivity index (χ3n) is 6.51. The van der Waals surface area contributed by atoms with E-state index in [1.807, 2.05) is 0 Å². The second-order valence-corrected chi connectivity index (χ2v) is 10.1. The fourth-order valence-corrected chi connectivity index (χ4v) is 4.50. The molecule has 0 saturated carbocycles. The summed E-state index contributed by atoms with van der Waals surface area (Å²) < 4.78 is 57.3. The number of likely N-dealkylation sites (N-methyl/N-ethyl adjacent to an activating group) is 1. The van der Waals surface area contributed by atoms with Crippen molar-refractivity contribution in [2.45, 2.75) is 45.3 Å². The number of carbonyl (C=O) groups is 1. The summed E-state index contributed by atoms with van der Waals surface area (Å²) in [7, 11) is 4.15. The monoisotopic (exact) mass is 648 g/mol. The van der Waals surface area contributed by atoms with Crippen LogP contribution in [0.1, 0.15) is 38.3 Å². The van der Waals surface area contributed by atoms with Crippen molar-refractivity contribution in [2.24, 2.45) is 7.05 Å². The van der Waals surface area contributed by atoms with E-state index in [2.05, 4.69) is 32.5 Å². The summed E-state index contributed by atoms with van der Waals surface area (Å²) in [5.74, 6) is -0.998. The van der Waals surface area contributed by atoms with Crippen LogP contribution in [0.3, 0.4) is 0 Å². The summed E-state index contributed by atoms with van der Waals surface area (Å²) in [4.78, 5) is 33.9. The summed E-state index contributed by atoms with van der Waals surface area (Å²) >= 11 is 6.01. The number of aromatic nitrogens is 3. The van der Waals surface area contributed by atoms with Gasteiger partial charge in [-0.3, -0.25) is 9.59 Å². The molecule has 0 unspecified atom stereocenters. The Morgan fingerprint density at radius 3 is 2.33 bits per heavy atom. The van der Waals surface area contributed by atoms with Crippen molar-refractivity contribution in [3.05, 3.63) is 111 Å². The van der Waals surface area contributed by atoms with Gasteiger partial charge < -0.3 is 20.5 Å². The molecule has 0 aliphatic heterocycles. The minimum absolute atomic E-state index is 0.0377. The SMILES string of the molecule is C=C(C(=O)NC)C(/C=C/c1cnc(-c2ccn(C)c(=O)c2CCl)nc1)=C(\C=C(/C)F)[C@@H](C)NC(/C=C\CC)=C(/NC)C(F)(F)F. The summed E-state index contributed by atoms with van der Waals surface area (Å²) in [5.41, 5.74) is -0.0249. The van der Waals surface area contributed by atoms with Crippen LogP contribution in [0.5, 0.6) is 0 Å². The second-order valence-electron chi connectivity index (χ2n) is 9.80. The number of aryl methyl sites for hydroxylation is 1. The number of nitrogens with one attached hydrogen (secondary N) is 3. The maximum Gasteiger partial charge on any atom is 0.432 e. The zero-order chi connectivity index (χ0) is 33.9. The van der Waals surface area contributed by atoms with Crippen LogP contribution >= 0.6 is 11.6 Å². The molecule has 1 amide bonds. The fourth-order valence-electron chi connectivity index (χ4n) is 4.24. The molecule has 45 heavy (non-hydrogen) atoms. The lowest BCUT2D eigenvalue weighted by atomic mass is 9.93. The molecule has 0 aliphatic rings. The number of nitrogens with zero attached hydrogens (tertiary/aromatic N) is 3. The molecule has 0 aromatic carbocycles. The number of halogens is 5. The van der Waals surface area contributed by atoms with Gasteiger partial charge in [0.05, 0.1) is 17.4 Å². The van der Waals surface area contributed by atoms with E-state index < -0.39 is 29.6 Å². The first-order valence-corrected chi connectivity index (χ1v) is 14.4. The first-order chi connectivity index (χ1) is 21.2. The number of rotatable bonds is 13. The Morgan fingerprint density at radius 1 is 1.18 bits per heavy atom. The highest BCUT2D eigenvalue weighted by Gasteiger charge is 2.36. The zero-order valence-corrected chi connectivity index (χ0v) is 26.7. The van der Waals surface area contributed by atoms with Crippen LogP contribution in [-0.4, -0.2) is 46.8 Å². The normalized spacial score (nSPS) is 14.2. The van der Waals surface area contributed by atoms with Crippen LogP contribution in [0.4, 0.5) is 17.6 Å². The van der Waals surface area contributed by atoms with Gasteiger partial charge in [0.15, 0.2) is 5.82 Å². The van der Waals surface area contributed by atoms with Gasteiger partial charge in [0.25, 0.3) is 11.5 Å². The van der Waals surface area contributed by atoms with Gasteiger partial charge in [-0.1, -0.05) is 31.7 Å². The Balaban J connectivity index is 2.70. The molecule has 3 N–H and O–H groups in total. The Morgan fingerprint density at radius 2 is 1.82 bits per heavy atom. The van der Waals surface area contributed by atoms with Gasteiger partial charge in [0, 0.05) is 68.0 Å². The minimum Gasteiger partial charge on any atom is -0.382 e. The smallest absolute Gasteiger partial charge is 0.382 e. The van der Waals surface area contributed by atoms with Crippen LogP contribution in [0.25, 0.3) is 17.5 Å². The van der Waals surface area contributed by atoms with Crippen LogP contribution < -0.4 is 21.5 Å². The average molecular weight is 649 g/mol. The first kappa shape index (κ1) is 36.7. The number of amides is 1. The van der Waals surface area contributed by atoms with Crippen LogP contribution in [-0.2, 0) is 17.7 Å². The van der Waals surface area contributed by atoms with E-state index in [1.165, 1.54) is 43.1 Å². The predicted octanol–water partition coefficient (Wildman–Crippen LogP) is 6.00. The van der Waals surface area contributed by atoms with E-state index in [-0.39, 0.29) is 39.7 Å². The highest BCUT2D eigenvalue weighted by Crippen LogP contribution is 2.28. The summed E-state index contributed by atoms with van der Waals surface area (Å²) in [5, 5.41) is 7.48. The summed E-state index contributed by atoms with van der Waals surface area (Å²) in [6.45, 7) is 8.35. The molecule has 2 heterocycles. The highest BCUT2D eigenvalue weighted by atomic mass is 35.5. The summed E-state index contributed by atoms with van der Waals surface area (Å²) in [6.07, 6.45) is 7.30. The zero-order valence-electron chi connectivity index (χ0n) is 25.9. The maximum absolute atomic E-state index is 14.4. The fraction of sp³-hybridized carbons (Fsp3) is 0.312. The first-order valence-electron chi connectivity index (χ1n) is 13.9. The lowest BCUT2D eigenvalue weighted by Gasteiger charge is -2.24. The third kappa shape index (κ3) is 9.77. The van der Waals surface area contributed by atoms with Crippen molar-refractivity contribution in [1.29, 1.82) is 0 Å². The molecule has 1 atom stereocenters. The number of alkyl halides is 4. The number of hydrogen-bond acceptors (Lipinski definition) is 6. The quantitative estimate of drug-likeness (QED) is 0.107. The van der Waals surface area contributed by atoms with Crippen LogP contribution in [0.15, 0.2) is 94.3 Å². The van der Waals surface area contributed by atoms with E-state index in [0.717, 1.165) is 13.1 Å². The number of pyridine rings is 1. The predicted molar refractivity (Wildman–Crippen MR) is 171 cm³/mol. The van der Waals surface area contributed by atoms with Crippen molar-refractivity contribution in [1.82, 2.24) is 30.5 Å². The van der Waals surface area contributed by atoms with Gasteiger partial charge in [-0.2, -0.15) is 13.2 Å². The molecule has 0 aliphatic carbocycles. The number of hydrogen-bond donors (Lipinski definition) is 3. The van der Waals surface area contributed by atoms with E-state index in [9.17, 15) is 27.2 Å². The standard InChI is InChI=1S/C32H37ClF4N6O2/c1-8-9-10-27(28(38-5)32(35,36)37)42-21(4)25(15-19(2)34)23(20(3)30(44)39-6)12-11-22-17-40-29(41-18-22)24-13-14-43(7)31(45)26(24)16-33/h9-15,17-18,21,38,42H,3,8,16H2,1-2,4-7H3,(H,39,44)/b10-9-,12-11+,19-15+,25-23+,28-27+/t21-/m1/s1. The lowest BCUT2D eigenvalue weighted by molar-refractivity contribution is -0.116. The molecule has 0 radical (unpaired) electrons. The molecule has 0 fully saturated rings. The minimum atomic E-state index is -4.71. The molecular formula is C32H37ClF4N6O2. The van der Waals surface area contributed by atoms with Crippen molar-refractivity contribution in [3.63, 3.8) is 0 Å². The van der Waals surface area contributed by atoms with Gasteiger partial charge in [-0.25, -0.2) is 14.4 Å². The molecule has 0 bridgehead atoms. The molecule has 0 saturated heterocycles. The van der Waals surface area contributed by atoms with Crippen molar-refractivity contribution >= 4 is 23.6 Å². The van der Waals surface area contributed by atoms with E-state index in [4.69, 9.17) is 11.6 Å². The molecule has 2 aromatic rings. The molecule has 8 nitrogen and oxygen atoms in total. The lowest BCUT2D eigenvalue weighted by Crippen LogP contribution is -2.34. The second kappa shape index (κ2) is 16.6. The van der Waals surface area contributed by atoms with Crippen molar-refractivity contribution in [3.8, 4) is 11.4 Å². The van der Waals surface area contributed by atoms with Gasteiger partial charge in [0.2, 0.25) is 0 Å². The number of allylic oxidation sites excluding steroid dienone is 5. The van der Waals surface area contributed by atoms with Crippen LogP contribution in [0.2, 0.25) is 0 Å². The summed E-state index contributed by atoms with van der Waals surface area (Å²) in [6, 6.07) is 0.744. The topological polar surface area (TPSA) is 101 Å². The number of carbonyl (C=O) groups excluding carboxylic acids is 1. The Kier molecular flexibility index (Phi) is 13.5. The highest BCUT2D eigenvalue weighted by molar-refractivity contribution is 6.17. The van der Waals surface area contributed by atoms with Gasteiger partial charge in [-0.05, 0) is 49.6 Å². The van der Waals surface area contributed by atoms with Gasteiger partial charge in [0.1, 0.15) is 5.70 Å². The maximum atomic E-state index is 14.4.